The van der Waals surface area contributed by atoms with Gasteiger partial charge in [-0.25, -0.2) is 13.4 Å². The molecule has 132 valence electrons. The number of pyridine rings is 1. The molecule has 1 aliphatic heterocycles. The van der Waals surface area contributed by atoms with Crippen molar-refractivity contribution < 1.29 is 8.42 Å². The average molecular weight is 350 g/mol. The predicted molar refractivity (Wildman–Crippen MR) is 95.5 cm³/mol. The van der Waals surface area contributed by atoms with E-state index in [1.807, 2.05) is 0 Å². The third-order valence-corrected chi connectivity index (χ3v) is 6.65. The molecule has 1 saturated heterocycles. The molecular weight excluding hydrogens is 324 g/mol. The summed E-state index contributed by atoms with van der Waals surface area (Å²) < 4.78 is 26.7. The lowest BCUT2D eigenvalue weighted by Gasteiger charge is -2.25. The van der Waals surface area contributed by atoms with Crippen LogP contribution >= 0.6 is 0 Å². The van der Waals surface area contributed by atoms with Crippen molar-refractivity contribution >= 4 is 21.6 Å². The number of hydrazone groups is 1. The van der Waals surface area contributed by atoms with Crippen LogP contribution in [0.3, 0.4) is 0 Å². The standard InChI is InChI=1S/C17H26N4O2S/c1-14-6-5-7-15(12-14)19-20-17-9-8-16(13-18-17)24(22,23)21-10-3-2-4-11-21/h8-9,13-14H,2-7,10-12H2,1H3,(H,18,20). The lowest BCUT2D eigenvalue weighted by atomic mass is 9.89. The molecule has 2 aliphatic rings. The summed E-state index contributed by atoms with van der Waals surface area (Å²) in [6.45, 7) is 3.45. The highest BCUT2D eigenvalue weighted by Crippen LogP contribution is 2.22. The Labute approximate surface area is 144 Å². The monoisotopic (exact) mass is 350 g/mol. The van der Waals surface area contributed by atoms with Gasteiger partial charge in [-0.2, -0.15) is 9.41 Å². The molecule has 0 bridgehead atoms. The number of piperidine rings is 1. The van der Waals surface area contributed by atoms with Crippen molar-refractivity contribution in [3.8, 4) is 0 Å². The van der Waals surface area contributed by atoms with Gasteiger partial charge in [0, 0.05) is 25.0 Å². The van der Waals surface area contributed by atoms with Crippen LogP contribution in [0.25, 0.3) is 0 Å². The Balaban J connectivity index is 1.65. The molecule has 2 fully saturated rings. The van der Waals surface area contributed by atoms with Crippen LogP contribution < -0.4 is 5.43 Å². The van der Waals surface area contributed by atoms with Gasteiger partial charge >= 0.3 is 0 Å². The predicted octanol–water partition coefficient (Wildman–Crippen LogP) is 3.23. The number of hydrogen-bond acceptors (Lipinski definition) is 5. The molecule has 1 aliphatic carbocycles. The van der Waals surface area contributed by atoms with Crippen molar-refractivity contribution in [2.24, 2.45) is 11.0 Å². The first kappa shape index (κ1) is 17.4. The molecule has 24 heavy (non-hydrogen) atoms. The highest BCUT2D eigenvalue weighted by atomic mass is 32.2. The van der Waals surface area contributed by atoms with E-state index in [9.17, 15) is 8.42 Å². The second kappa shape index (κ2) is 7.61. The summed E-state index contributed by atoms with van der Waals surface area (Å²) in [7, 11) is -3.41. The second-order valence-corrected chi connectivity index (χ2v) is 8.77. The fourth-order valence-corrected chi connectivity index (χ4v) is 4.82. The van der Waals surface area contributed by atoms with Crippen LogP contribution in [0.2, 0.25) is 0 Å². The van der Waals surface area contributed by atoms with Crippen molar-refractivity contribution in [3.63, 3.8) is 0 Å². The van der Waals surface area contributed by atoms with Crippen LogP contribution in [0.15, 0.2) is 28.3 Å². The summed E-state index contributed by atoms with van der Waals surface area (Å²) in [6.07, 6.45) is 8.89. The number of anilines is 1. The van der Waals surface area contributed by atoms with Crippen LogP contribution in [0.5, 0.6) is 0 Å². The van der Waals surface area contributed by atoms with Gasteiger partial charge in [0.05, 0.1) is 0 Å². The van der Waals surface area contributed by atoms with Gasteiger partial charge in [0.25, 0.3) is 0 Å². The number of rotatable bonds is 4. The normalized spacial score (nSPS) is 24.9. The van der Waals surface area contributed by atoms with Gasteiger partial charge in [-0.1, -0.05) is 13.3 Å². The number of sulfonamides is 1. The number of aromatic nitrogens is 1. The fourth-order valence-electron chi connectivity index (χ4n) is 3.35. The van der Waals surface area contributed by atoms with Crippen molar-refractivity contribution in [2.75, 3.05) is 18.5 Å². The molecule has 2 heterocycles. The summed E-state index contributed by atoms with van der Waals surface area (Å²) in [5.74, 6) is 1.27. The number of nitrogens with zero attached hydrogens (tertiary/aromatic N) is 3. The summed E-state index contributed by atoms with van der Waals surface area (Å²) >= 11 is 0. The summed E-state index contributed by atoms with van der Waals surface area (Å²) in [4.78, 5) is 4.48. The molecule has 1 aromatic rings. The Morgan fingerprint density at radius 2 is 2.00 bits per heavy atom. The van der Waals surface area contributed by atoms with Gasteiger partial charge in [-0.15, -0.1) is 0 Å². The Bertz CT molecular complexity index is 679. The van der Waals surface area contributed by atoms with Gasteiger partial charge in [-0.05, 0) is 56.6 Å². The van der Waals surface area contributed by atoms with Crippen molar-refractivity contribution in [1.82, 2.24) is 9.29 Å². The van der Waals surface area contributed by atoms with E-state index >= 15 is 0 Å². The highest BCUT2D eigenvalue weighted by molar-refractivity contribution is 7.89. The molecule has 1 saturated carbocycles. The molecular formula is C17H26N4O2S. The summed E-state index contributed by atoms with van der Waals surface area (Å²) in [5.41, 5.74) is 4.13. The fraction of sp³-hybridized carbons (Fsp3) is 0.647. The van der Waals surface area contributed by atoms with Crippen LogP contribution in [0.4, 0.5) is 5.82 Å². The van der Waals surface area contributed by atoms with Crippen LogP contribution in [-0.4, -0.2) is 36.5 Å². The summed E-state index contributed by atoms with van der Waals surface area (Å²) in [5, 5.41) is 4.43. The van der Waals surface area contributed by atoms with E-state index in [1.54, 1.807) is 16.4 Å². The first-order valence-corrected chi connectivity index (χ1v) is 10.3. The number of hydrogen-bond donors (Lipinski definition) is 1. The lowest BCUT2D eigenvalue weighted by molar-refractivity contribution is 0.346. The Morgan fingerprint density at radius 1 is 1.21 bits per heavy atom. The minimum absolute atomic E-state index is 0.258. The van der Waals surface area contributed by atoms with E-state index in [0.717, 1.165) is 32.1 Å². The zero-order valence-electron chi connectivity index (χ0n) is 14.2. The first-order valence-electron chi connectivity index (χ1n) is 8.83. The van der Waals surface area contributed by atoms with Crippen LogP contribution in [0.1, 0.15) is 51.9 Å². The zero-order valence-corrected chi connectivity index (χ0v) is 15.1. The Hall–Kier alpha value is -1.47. The molecule has 6 nitrogen and oxygen atoms in total. The SMILES string of the molecule is CC1CCCC(=NNc2ccc(S(=O)(=O)N3CCCCC3)cn2)C1. The third kappa shape index (κ3) is 4.13. The highest BCUT2D eigenvalue weighted by Gasteiger charge is 2.26. The minimum Gasteiger partial charge on any atom is -0.261 e. The molecule has 7 heteroatoms. The van der Waals surface area contributed by atoms with E-state index in [4.69, 9.17) is 0 Å². The quantitative estimate of drug-likeness (QED) is 0.846. The van der Waals surface area contributed by atoms with E-state index in [-0.39, 0.29) is 4.90 Å². The maximum atomic E-state index is 12.6. The van der Waals surface area contributed by atoms with E-state index in [2.05, 4.69) is 22.4 Å². The van der Waals surface area contributed by atoms with Gasteiger partial charge in [0.15, 0.2) is 0 Å². The van der Waals surface area contributed by atoms with E-state index in [0.29, 0.717) is 24.8 Å². The van der Waals surface area contributed by atoms with Gasteiger partial charge in [-0.3, -0.25) is 5.43 Å². The Morgan fingerprint density at radius 3 is 2.67 bits per heavy atom. The van der Waals surface area contributed by atoms with Crippen LogP contribution in [-0.2, 0) is 10.0 Å². The molecule has 1 unspecified atom stereocenters. The molecule has 0 spiro atoms. The average Bonchev–Trinajstić information content (AvgIpc) is 2.61. The van der Waals surface area contributed by atoms with Crippen molar-refractivity contribution in [3.05, 3.63) is 18.3 Å². The smallest absolute Gasteiger partial charge is 0.244 e. The lowest BCUT2D eigenvalue weighted by Crippen LogP contribution is -2.35. The van der Waals surface area contributed by atoms with Gasteiger partial charge in [0.2, 0.25) is 10.0 Å². The maximum Gasteiger partial charge on any atom is 0.244 e. The molecule has 0 amide bonds. The zero-order chi connectivity index (χ0) is 17.0. The molecule has 3 rings (SSSR count). The molecule has 1 aromatic heterocycles. The van der Waals surface area contributed by atoms with E-state index in [1.165, 1.54) is 24.8 Å². The third-order valence-electron chi connectivity index (χ3n) is 4.76. The molecule has 0 aromatic carbocycles. The topological polar surface area (TPSA) is 74.7 Å². The second-order valence-electron chi connectivity index (χ2n) is 6.84. The van der Waals surface area contributed by atoms with Gasteiger partial charge in [0.1, 0.15) is 10.7 Å². The minimum atomic E-state index is -3.41. The maximum absolute atomic E-state index is 12.6. The largest absolute Gasteiger partial charge is 0.261 e. The molecule has 1 N–H and O–H groups in total. The Kier molecular flexibility index (Phi) is 5.50. The molecule has 0 radical (unpaired) electrons. The van der Waals surface area contributed by atoms with Gasteiger partial charge < -0.3 is 0 Å². The van der Waals surface area contributed by atoms with Crippen LogP contribution in [0, 0.1) is 5.92 Å². The summed E-state index contributed by atoms with van der Waals surface area (Å²) in [6, 6.07) is 3.30. The molecule has 1 atom stereocenters. The number of nitrogens with one attached hydrogen (secondary N) is 1. The first-order chi connectivity index (χ1) is 11.6. The van der Waals surface area contributed by atoms with E-state index < -0.39 is 10.0 Å². The van der Waals surface area contributed by atoms with Crippen molar-refractivity contribution in [1.29, 1.82) is 0 Å². The van der Waals surface area contributed by atoms with Crippen molar-refractivity contribution in [2.45, 2.75) is 56.8 Å².